The predicted octanol–water partition coefficient (Wildman–Crippen LogP) is 2.05. The lowest BCUT2D eigenvalue weighted by atomic mass is 10.2. The van der Waals surface area contributed by atoms with Crippen molar-refractivity contribution in [3.05, 3.63) is 58.9 Å². The molecule has 0 saturated carbocycles. The van der Waals surface area contributed by atoms with Crippen molar-refractivity contribution in [2.75, 3.05) is 44.7 Å². The van der Waals surface area contributed by atoms with Gasteiger partial charge in [0.1, 0.15) is 0 Å². The molecule has 0 atom stereocenters. The summed E-state index contributed by atoms with van der Waals surface area (Å²) in [5, 5.41) is 6.02. The first-order valence-electron chi connectivity index (χ1n) is 8.73. The zero-order valence-electron chi connectivity index (χ0n) is 14.8. The second-order valence-corrected chi connectivity index (χ2v) is 6.51. The molecule has 1 aliphatic heterocycles. The van der Waals surface area contributed by atoms with Crippen LogP contribution in [0, 0.1) is 0 Å². The van der Waals surface area contributed by atoms with Gasteiger partial charge in [-0.05, 0) is 18.2 Å². The normalized spacial score (nSPS) is 14.6. The van der Waals surface area contributed by atoms with Gasteiger partial charge in [-0.25, -0.2) is 0 Å². The van der Waals surface area contributed by atoms with Gasteiger partial charge in [0.05, 0.1) is 35.1 Å². The summed E-state index contributed by atoms with van der Waals surface area (Å²) >= 11 is 6.05. The second kappa shape index (κ2) is 9.45. The Morgan fingerprint density at radius 3 is 2.56 bits per heavy atom. The van der Waals surface area contributed by atoms with Gasteiger partial charge in [0, 0.05) is 38.6 Å². The van der Waals surface area contributed by atoms with E-state index in [-0.39, 0.29) is 17.4 Å². The average molecular weight is 389 g/mol. The molecule has 0 unspecified atom stereocenters. The van der Waals surface area contributed by atoms with Crippen molar-refractivity contribution in [1.82, 2.24) is 15.2 Å². The number of pyridine rings is 1. The highest BCUT2D eigenvalue weighted by molar-refractivity contribution is 6.33. The van der Waals surface area contributed by atoms with Crippen molar-refractivity contribution >= 4 is 29.1 Å². The minimum Gasteiger partial charge on any atom is -0.379 e. The molecule has 8 heteroatoms. The summed E-state index contributed by atoms with van der Waals surface area (Å²) in [7, 11) is 0. The Bertz CT molecular complexity index is 809. The molecule has 2 heterocycles. The number of carbonyl (C=O) groups excluding carboxylic acids is 2. The lowest BCUT2D eigenvalue weighted by Crippen LogP contribution is -2.41. The van der Waals surface area contributed by atoms with E-state index in [0.717, 1.165) is 32.8 Å². The van der Waals surface area contributed by atoms with Crippen LogP contribution in [-0.2, 0) is 4.74 Å². The quantitative estimate of drug-likeness (QED) is 0.791. The fourth-order valence-electron chi connectivity index (χ4n) is 2.70. The first-order chi connectivity index (χ1) is 13.1. The van der Waals surface area contributed by atoms with Crippen LogP contribution < -0.4 is 10.6 Å². The van der Waals surface area contributed by atoms with Crippen LogP contribution in [0.5, 0.6) is 0 Å². The topological polar surface area (TPSA) is 83.6 Å². The Morgan fingerprint density at radius 2 is 1.81 bits per heavy atom. The van der Waals surface area contributed by atoms with Gasteiger partial charge in [0.15, 0.2) is 0 Å². The van der Waals surface area contributed by atoms with Gasteiger partial charge in [-0.2, -0.15) is 0 Å². The molecule has 2 amide bonds. The second-order valence-electron chi connectivity index (χ2n) is 6.11. The number of hydrogen-bond acceptors (Lipinski definition) is 5. The molecule has 0 spiro atoms. The Kier molecular flexibility index (Phi) is 6.75. The summed E-state index contributed by atoms with van der Waals surface area (Å²) in [6.07, 6.45) is 2.85. The largest absolute Gasteiger partial charge is 0.379 e. The van der Waals surface area contributed by atoms with Crippen LogP contribution in [0.15, 0.2) is 42.7 Å². The molecule has 1 aliphatic rings. The number of halogens is 1. The number of nitrogens with one attached hydrogen (secondary N) is 2. The summed E-state index contributed by atoms with van der Waals surface area (Å²) < 4.78 is 5.30. The zero-order valence-corrected chi connectivity index (χ0v) is 15.5. The number of anilines is 1. The maximum atomic E-state index is 12.4. The van der Waals surface area contributed by atoms with Crippen molar-refractivity contribution in [3.63, 3.8) is 0 Å². The molecule has 1 saturated heterocycles. The summed E-state index contributed by atoms with van der Waals surface area (Å²) in [5.74, 6) is -0.637. The Morgan fingerprint density at radius 1 is 1.11 bits per heavy atom. The number of ether oxygens (including phenoxy) is 1. The van der Waals surface area contributed by atoms with Gasteiger partial charge < -0.3 is 15.4 Å². The maximum absolute atomic E-state index is 12.4. The van der Waals surface area contributed by atoms with E-state index in [1.54, 1.807) is 24.3 Å². The van der Waals surface area contributed by atoms with E-state index in [1.807, 2.05) is 0 Å². The fourth-order valence-corrected chi connectivity index (χ4v) is 2.88. The number of aromatic nitrogens is 1. The van der Waals surface area contributed by atoms with Crippen LogP contribution in [0.3, 0.4) is 0 Å². The number of para-hydroxylation sites is 1. The minimum atomic E-state index is -0.376. The Labute approximate surface area is 162 Å². The molecule has 0 aliphatic carbocycles. The van der Waals surface area contributed by atoms with E-state index < -0.39 is 0 Å². The molecular weight excluding hydrogens is 368 g/mol. The summed E-state index contributed by atoms with van der Waals surface area (Å²) in [6.45, 7) is 4.47. The molecule has 1 aromatic carbocycles. The molecular formula is C19H21ClN4O3. The molecule has 27 heavy (non-hydrogen) atoms. The number of carbonyl (C=O) groups is 2. The summed E-state index contributed by atoms with van der Waals surface area (Å²) in [6, 6.07) is 8.46. The van der Waals surface area contributed by atoms with Gasteiger partial charge >= 0.3 is 0 Å². The first-order valence-corrected chi connectivity index (χ1v) is 9.10. The number of nitrogens with zero attached hydrogens (tertiary/aromatic N) is 2. The minimum absolute atomic E-state index is 0.261. The van der Waals surface area contributed by atoms with Crippen LogP contribution >= 0.6 is 11.6 Å². The third-order valence-electron chi connectivity index (χ3n) is 4.20. The van der Waals surface area contributed by atoms with E-state index >= 15 is 0 Å². The van der Waals surface area contributed by atoms with Gasteiger partial charge in [-0.3, -0.25) is 19.5 Å². The highest BCUT2D eigenvalue weighted by Gasteiger charge is 2.14. The van der Waals surface area contributed by atoms with Crippen molar-refractivity contribution in [2.45, 2.75) is 0 Å². The fraction of sp³-hybridized carbons (Fsp3) is 0.316. The number of hydrogen-bond donors (Lipinski definition) is 2. The standard InChI is InChI=1S/C19H21ClN4O3/c20-16-3-1-2-4-17(16)23-19(26)15-11-14(12-21-13-15)18(25)22-5-6-24-7-9-27-10-8-24/h1-4,11-13H,5-10H2,(H,22,25)(H,23,26). The monoisotopic (exact) mass is 388 g/mol. The van der Waals surface area contributed by atoms with Crippen molar-refractivity contribution < 1.29 is 14.3 Å². The van der Waals surface area contributed by atoms with Gasteiger partial charge in [0.2, 0.25) is 0 Å². The van der Waals surface area contributed by atoms with Crippen LogP contribution in [-0.4, -0.2) is 61.1 Å². The number of benzene rings is 1. The zero-order chi connectivity index (χ0) is 19.1. The highest BCUT2D eigenvalue weighted by atomic mass is 35.5. The van der Waals surface area contributed by atoms with E-state index in [0.29, 0.717) is 22.8 Å². The van der Waals surface area contributed by atoms with E-state index in [1.165, 1.54) is 18.5 Å². The number of amides is 2. The lowest BCUT2D eigenvalue weighted by Gasteiger charge is -2.26. The summed E-state index contributed by atoms with van der Waals surface area (Å²) in [5.41, 5.74) is 1.13. The predicted molar refractivity (Wildman–Crippen MR) is 103 cm³/mol. The van der Waals surface area contributed by atoms with Gasteiger partial charge in [0.25, 0.3) is 11.8 Å². The van der Waals surface area contributed by atoms with Gasteiger partial charge in [-0.15, -0.1) is 0 Å². The molecule has 0 bridgehead atoms. The number of rotatable bonds is 6. The maximum Gasteiger partial charge on any atom is 0.257 e. The average Bonchev–Trinajstić information content (AvgIpc) is 2.70. The van der Waals surface area contributed by atoms with Gasteiger partial charge in [-0.1, -0.05) is 23.7 Å². The molecule has 2 N–H and O–H groups in total. The molecule has 1 fully saturated rings. The Hall–Kier alpha value is -2.48. The third-order valence-corrected chi connectivity index (χ3v) is 4.53. The smallest absolute Gasteiger partial charge is 0.257 e. The van der Waals surface area contributed by atoms with Crippen molar-refractivity contribution in [3.8, 4) is 0 Å². The summed E-state index contributed by atoms with van der Waals surface area (Å²) in [4.78, 5) is 31.0. The first kappa shape index (κ1) is 19.3. The van der Waals surface area contributed by atoms with E-state index in [4.69, 9.17) is 16.3 Å². The SMILES string of the molecule is O=C(NCCN1CCOCC1)c1cncc(C(=O)Nc2ccccc2Cl)c1. The van der Waals surface area contributed by atoms with Crippen molar-refractivity contribution in [1.29, 1.82) is 0 Å². The molecule has 3 rings (SSSR count). The highest BCUT2D eigenvalue weighted by Crippen LogP contribution is 2.21. The van der Waals surface area contributed by atoms with Crippen LogP contribution in [0.25, 0.3) is 0 Å². The molecule has 0 radical (unpaired) electrons. The number of morpholine rings is 1. The van der Waals surface area contributed by atoms with Crippen LogP contribution in [0.4, 0.5) is 5.69 Å². The lowest BCUT2D eigenvalue weighted by molar-refractivity contribution is 0.0383. The molecule has 1 aromatic heterocycles. The molecule has 142 valence electrons. The third kappa shape index (κ3) is 5.50. The molecule has 2 aromatic rings. The van der Waals surface area contributed by atoms with E-state index in [2.05, 4.69) is 20.5 Å². The Balaban J connectivity index is 1.56. The molecule has 7 nitrogen and oxygen atoms in total. The van der Waals surface area contributed by atoms with Crippen molar-refractivity contribution in [2.24, 2.45) is 0 Å². The van der Waals surface area contributed by atoms with Crippen LogP contribution in [0.2, 0.25) is 5.02 Å². The van der Waals surface area contributed by atoms with E-state index in [9.17, 15) is 9.59 Å². The van der Waals surface area contributed by atoms with Crippen LogP contribution in [0.1, 0.15) is 20.7 Å².